The monoisotopic (exact) mass is 731 g/mol. The van der Waals surface area contributed by atoms with Crippen molar-refractivity contribution in [2.45, 2.75) is 6.42 Å². The van der Waals surface area contributed by atoms with Gasteiger partial charge in [-0.05, 0) is 47.0 Å². The van der Waals surface area contributed by atoms with E-state index in [-0.39, 0.29) is 0 Å². The van der Waals surface area contributed by atoms with Crippen molar-refractivity contribution in [1.82, 2.24) is 24.5 Å². The Balaban J connectivity index is 1.17. The van der Waals surface area contributed by atoms with Crippen molar-refractivity contribution in [2.75, 3.05) is 0 Å². The van der Waals surface area contributed by atoms with Crippen LogP contribution >= 0.6 is 0 Å². The number of pyridine rings is 1. The second-order valence-corrected chi connectivity index (χ2v) is 14.2. The first kappa shape index (κ1) is 32.7. The predicted molar refractivity (Wildman–Crippen MR) is 230 cm³/mol. The van der Waals surface area contributed by atoms with Gasteiger partial charge in [-0.2, -0.15) is 0 Å². The average Bonchev–Trinajstić information content (AvgIpc) is 3.83. The first-order chi connectivity index (χ1) is 28.3. The largest absolute Gasteiger partial charge is 0.455 e. The number of nitrogens with zero attached hydrogens (tertiary/aromatic N) is 5. The molecule has 4 heterocycles. The van der Waals surface area contributed by atoms with Crippen LogP contribution in [0.5, 0.6) is 0 Å². The van der Waals surface area contributed by atoms with Crippen LogP contribution in [0, 0.1) is 0 Å². The molecule has 0 atom stereocenters. The zero-order valence-electron chi connectivity index (χ0n) is 30.7. The minimum atomic E-state index is 0.409. The van der Waals surface area contributed by atoms with Crippen LogP contribution in [-0.2, 0) is 6.42 Å². The Hall–Kier alpha value is -7.70. The number of benzene rings is 7. The molecule has 0 saturated carbocycles. The van der Waals surface area contributed by atoms with Crippen molar-refractivity contribution < 1.29 is 4.42 Å². The number of aromatic nitrogens is 5. The van der Waals surface area contributed by atoms with E-state index in [2.05, 4.69) is 108 Å². The molecule has 7 aromatic carbocycles. The minimum Gasteiger partial charge on any atom is -0.455 e. The lowest BCUT2D eigenvalue weighted by Crippen LogP contribution is -2.08. The quantitative estimate of drug-likeness (QED) is 0.163. The standard InChI is InChI=1S/C51H33N5O/c1-4-16-33(17-5-1)38-22-10-11-23-39(38)37-30-36(31-46-53-49(34-18-6-2-7-19-34)55-50(54-46)35-20-8-3-9-21-35)51(52-32-37)56-43-26-14-12-25-42(43)47-44(56)29-28-41-40-24-13-15-27-45(40)57-48(41)47/h1-30,32H,31H2. The molecule has 0 saturated heterocycles. The maximum absolute atomic E-state index is 6.63. The van der Waals surface area contributed by atoms with Crippen LogP contribution in [0.15, 0.2) is 193 Å². The van der Waals surface area contributed by atoms with Crippen molar-refractivity contribution in [3.05, 3.63) is 200 Å². The first-order valence-electron chi connectivity index (χ1n) is 19.1. The third-order valence-electron chi connectivity index (χ3n) is 10.8. The van der Waals surface area contributed by atoms with Crippen LogP contribution in [0.1, 0.15) is 11.4 Å². The van der Waals surface area contributed by atoms with E-state index in [0.717, 1.165) is 88.5 Å². The lowest BCUT2D eigenvalue weighted by atomic mass is 9.94. The molecule has 0 amide bonds. The van der Waals surface area contributed by atoms with Crippen LogP contribution in [0.2, 0.25) is 0 Å². The molecule has 0 aliphatic carbocycles. The van der Waals surface area contributed by atoms with E-state index in [1.165, 1.54) is 0 Å². The summed E-state index contributed by atoms with van der Waals surface area (Å²) in [5, 5.41) is 4.35. The molecule has 6 nitrogen and oxygen atoms in total. The van der Waals surface area contributed by atoms with Gasteiger partial charge < -0.3 is 4.42 Å². The second-order valence-electron chi connectivity index (χ2n) is 14.2. The summed E-state index contributed by atoms with van der Waals surface area (Å²) < 4.78 is 8.91. The first-order valence-corrected chi connectivity index (χ1v) is 19.1. The van der Waals surface area contributed by atoms with Gasteiger partial charge in [-0.3, -0.25) is 4.57 Å². The maximum atomic E-state index is 6.63. The van der Waals surface area contributed by atoms with Crippen molar-refractivity contribution in [3.63, 3.8) is 0 Å². The number of hydrogen-bond acceptors (Lipinski definition) is 5. The Morgan fingerprint density at radius 1 is 0.456 bits per heavy atom. The Morgan fingerprint density at radius 2 is 1.04 bits per heavy atom. The molecule has 4 aromatic heterocycles. The molecule has 11 aromatic rings. The normalized spacial score (nSPS) is 11.6. The summed E-state index contributed by atoms with van der Waals surface area (Å²) in [4.78, 5) is 20.6. The minimum absolute atomic E-state index is 0.409. The van der Waals surface area contributed by atoms with Crippen LogP contribution < -0.4 is 0 Å². The van der Waals surface area contributed by atoms with E-state index in [0.29, 0.717) is 23.9 Å². The highest BCUT2D eigenvalue weighted by Crippen LogP contribution is 2.41. The fourth-order valence-electron chi connectivity index (χ4n) is 8.15. The van der Waals surface area contributed by atoms with E-state index in [9.17, 15) is 0 Å². The highest BCUT2D eigenvalue weighted by Gasteiger charge is 2.22. The Labute approximate surface area is 328 Å². The topological polar surface area (TPSA) is 69.6 Å². The van der Waals surface area contributed by atoms with Gasteiger partial charge in [0.15, 0.2) is 11.6 Å². The number of furan rings is 1. The smallest absolute Gasteiger partial charge is 0.163 e. The van der Waals surface area contributed by atoms with Gasteiger partial charge in [0.25, 0.3) is 0 Å². The highest BCUT2D eigenvalue weighted by molar-refractivity contribution is 6.23. The molecule has 57 heavy (non-hydrogen) atoms. The van der Waals surface area contributed by atoms with Crippen molar-refractivity contribution >= 4 is 43.7 Å². The van der Waals surface area contributed by atoms with Gasteiger partial charge >= 0.3 is 0 Å². The summed E-state index contributed by atoms with van der Waals surface area (Å²) in [6, 6.07) is 62.7. The summed E-state index contributed by atoms with van der Waals surface area (Å²) >= 11 is 0. The summed E-state index contributed by atoms with van der Waals surface area (Å²) in [5.41, 5.74) is 11.0. The molecule has 0 unspecified atom stereocenters. The fourth-order valence-corrected chi connectivity index (χ4v) is 8.15. The number of rotatable bonds is 7. The second kappa shape index (κ2) is 13.6. The maximum Gasteiger partial charge on any atom is 0.163 e. The molecule has 0 fully saturated rings. The molecular weight excluding hydrogens is 699 g/mol. The van der Waals surface area contributed by atoms with Gasteiger partial charge in [-0.25, -0.2) is 19.9 Å². The Kier molecular flexibility index (Phi) is 7.78. The van der Waals surface area contributed by atoms with Crippen molar-refractivity contribution in [3.8, 4) is 50.8 Å². The van der Waals surface area contributed by atoms with Gasteiger partial charge in [-0.15, -0.1) is 0 Å². The molecule has 11 rings (SSSR count). The van der Waals surface area contributed by atoms with E-state index >= 15 is 0 Å². The lowest BCUT2D eigenvalue weighted by Gasteiger charge is -2.16. The highest BCUT2D eigenvalue weighted by atomic mass is 16.3. The Morgan fingerprint density at radius 3 is 1.74 bits per heavy atom. The zero-order valence-corrected chi connectivity index (χ0v) is 30.7. The molecular formula is C51H33N5O. The number of hydrogen-bond donors (Lipinski definition) is 0. The fraction of sp³-hybridized carbons (Fsp3) is 0.0196. The van der Waals surface area contributed by atoms with Gasteiger partial charge in [0.2, 0.25) is 0 Å². The van der Waals surface area contributed by atoms with E-state index in [4.69, 9.17) is 24.4 Å². The summed E-state index contributed by atoms with van der Waals surface area (Å²) in [6.45, 7) is 0. The molecule has 6 heteroatoms. The lowest BCUT2D eigenvalue weighted by molar-refractivity contribution is 0.673. The van der Waals surface area contributed by atoms with Crippen LogP contribution in [0.4, 0.5) is 0 Å². The molecule has 0 aliphatic rings. The predicted octanol–water partition coefficient (Wildman–Crippen LogP) is 12.5. The average molecular weight is 732 g/mol. The van der Waals surface area contributed by atoms with Crippen molar-refractivity contribution in [2.24, 2.45) is 0 Å². The molecule has 268 valence electrons. The van der Waals surface area contributed by atoms with Crippen LogP contribution in [0.25, 0.3) is 94.6 Å². The van der Waals surface area contributed by atoms with Gasteiger partial charge in [-0.1, -0.05) is 152 Å². The summed E-state index contributed by atoms with van der Waals surface area (Å²) in [6.07, 6.45) is 2.41. The van der Waals surface area contributed by atoms with E-state index < -0.39 is 0 Å². The molecule has 0 radical (unpaired) electrons. The van der Waals surface area contributed by atoms with Gasteiger partial charge in [0.05, 0.1) is 16.4 Å². The van der Waals surface area contributed by atoms with Gasteiger partial charge in [0, 0.05) is 51.0 Å². The molecule has 0 aliphatic heterocycles. The number of para-hydroxylation sites is 2. The third kappa shape index (κ3) is 5.66. The molecule has 0 bridgehead atoms. The Bertz CT molecular complexity index is 3200. The SMILES string of the molecule is c1ccc(-c2nc(Cc3cc(-c4ccccc4-c4ccccc4)cnc3-n3c4ccccc4c4c5oc6ccccc6c5ccc43)nc(-c3ccccc3)n2)cc1. The van der Waals surface area contributed by atoms with Gasteiger partial charge in [0.1, 0.15) is 22.8 Å². The third-order valence-corrected chi connectivity index (χ3v) is 10.8. The van der Waals surface area contributed by atoms with Crippen LogP contribution in [-0.4, -0.2) is 24.5 Å². The van der Waals surface area contributed by atoms with Crippen molar-refractivity contribution in [1.29, 1.82) is 0 Å². The number of fused-ring (bicyclic) bond motifs is 7. The van der Waals surface area contributed by atoms with E-state index in [1.54, 1.807) is 0 Å². The van der Waals surface area contributed by atoms with Crippen LogP contribution in [0.3, 0.4) is 0 Å². The molecule has 0 N–H and O–H groups in total. The zero-order chi connectivity index (χ0) is 37.7. The summed E-state index contributed by atoms with van der Waals surface area (Å²) in [7, 11) is 0. The van der Waals surface area contributed by atoms with E-state index in [1.807, 2.05) is 85.1 Å². The molecule has 0 spiro atoms. The summed E-state index contributed by atoms with van der Waals surface area (Å²) in [5.74, 6) is 2.72.